The van der Waals surface area contributed by atoms with E-state index in [0.29, 0.717) is 19.1 Å². The summed E-state index contributed by atoms with van der Waals surface area (Å²) in [4.78, 5) is 2.23. The molecular weight excluding hydrogens is 277 g/mol. The Labute approximate surface area is 123 Å². The van der Waals surface area contributed by atoms with Crippen LogP contribution in [0.25, 0.3) is 0 Å². The third-order valence-corrected chi connectivity index (χ3v) is 3.78. The van der Waals surface area contributed by atoms with Crippen molar-refractivity contribution in [2.45, 2.75) is 31.6 Å². The van der Waals surface area contributed by atoms with E-state index in [2.05, 4.69) is 16.1 Å². The number of hydrogen-bond acceptors (Lipinski definition) is 2. The average molecular weight is 296 g/mol. The van der Waals surface area contributed by atoms with Gasteiger partial charge in [0.05, 0.1) is 12.1 Å². The Morgan fingerprint density at radius 2 is 1.81 bits per heavy atom. The lowest BCUT2D eigenvalue weighted by Crippen LogP contribution is -2.42. The molecule has 1 aromatic carbocycles. The second-order valence-electron chi connectivity index (χ2n) is 5.33. The van der Waals surface area contributed by atoms with Crippen molar-refractivity contribution in [1.82, 2.24) is 10.2 Å². The molecule has 0 unspecified atom stereocenters. The van der Waals surface area contributed by atoms with E-state index in [9.17, 15) is 13.2 Å². The van der Waals surface area contributed by atoms with Crippen molar-refractivity contribution >= 4 is 0 Å². The lowest BCUT2D eigenvalue weighted by molar-refractivity contribution is -0.137. The van der Waals surface area contributed by atoms with Crippen LogP contribution >= 0.6 is 0 Å². The molecule has 1 saturated heterocycles. The molecule has 2 rings (SSSR count). The summed E-state index contributed by atoms with van der Waals surface area (Å²) in [5, 5.41) is 3.40. The van der Waals surface area contributed by atoms with Gasteiger partial charge < -0.3 is 5.32 Å². The van der Waals surface area contributed by atoms with Crippen LogP contribution in [0.2, 0.25) is 0 Å². The highest BCUT2D eigenvalue weighted by Gasteiger charge is 2.29. The average Bonchev–Trinajstić information content (AvgIpc) is 2.46. The van der Waals surface area contributed by atoms with Crippen LogP contribution in [0.3, 0.4) is 0 Å². The maximum atomic E-state index is 12.5. The maximum absolute atomic E-state index is 12.5. The number of terminal acetylenes is 1. The van der Waals surface area contributed by atoms with Gasteiger partial charge in [0.15, 0.2) is 0 Å². The van der Waals surface area contributed by atoms with Crippen molar-refractivity contribution in [3.63, 3.8) is 0 Å². The van der Waals surface area contributed by atoms with Gasteiger partial charge >= 0.3 is 6.18 Å². The van der Waals surface area contributed by atoms with Crippen molar-refractivity contribution in [2.75, 3.05) is 19.6 Å². The zero-order chi connectivity index (χ0) is 15.3. The van der Waals surface area contributed by atoms with Crippen LogP contribution in [0.4, 0.5) is 13.2 Å². The van der Waals surface area contributed by atoms with Gasteiger partial charge in [-0.15, -0.1) is 6.42 Å². The molecule has 114 valence electrons. The molecule has 2 nitrogen and oxygen atoms in total. The summed E-state index contributed by atoms with van der Waals surface area (Å²) >= 11 is 0. The van der Waals surface area contributed by atoms with Crippen LogP contribution in [-0.4, -0.2) is 30.6 Å². The van der Waals surface area contributed by atoms with Gasteiger partial charge in [0.2, 0.25) is 0 Å². The molecule has 1 N–H and O–H groups in total. The number of halogens is 3. The fourth-order valence-corrected chi connectivity index (χ4v) is 2.50. The summed E-state index contributed by atoms with van der Waals surface area (Å²) in [6.07, 6.45) is 3.05. The fourth-order valence-electron chi connectivity index (χ4n) is 2.50. The quantitative estimate of drug-likeness (QED) is 0.860. The van der Waals surface area contributed by atoms with E-state index in [-0.39, 0.29) is 0 Å². The van der Waals surface area contributed by atoms with Gasteiger partial charge in [-0.2, -0.15) is 13.2 Å². The molecule has 0 spiro atoms. The number of hydrogen-bond donors (Lipinski definition) is 1. The van der Waals surface area contributed by atoms with Crippen LogP contribution < -0.4 is 5.32 Å². The normalized spacial score (nSPS) is 17.6. The number of benzene rings is 1. The van der Waals surface area contributed by atoms with E-state index >= 15 is 0 Å². The Bertz CT molecular complexity index is 480. The predicted molar refractivity (Wildman–Crippen MR) is 76.6 cm³/mol. The fraction of sp³-hybridized carbons (Fsp3) is 0.500. The molecule has 1 aromatic rings. The highest BCUT2D eigenvalue weighted by molar-refractivity contribution is 5.24. The third-order valence-electron chi connectivity index (χ3n) is 3.78. The highest BCUT2D eigenvalue weighted by Crippen LogP contribution is 2.29. The van der Waals surface area contributed by atoms with Gasteiger partial charge in [-0.1, -0.05) is 18.1 Å². The first-order valence-corrected chi connectivity index (χ1v) is 7.04. The summed E-state index contributed by atoms with van der Waals surface area (Å²) in [6.45, 7) is 3.22. The molecule has 0 aromatic heterocycles. The highest BCUT2D eigenvalue weighted by atomic mass is 19.4. The molecule has 21 heavy (non-hydrogen) atoms. The third kappa shape index (κ3) is 4.76. The van der Waals surface area contributed by atoms with Gasteiger partial charge in [0.25, 0.3) is 0 Å². The molecular formula is C16H19F3N2. The molecule has 0 aliphatic carbocycles. The Kier molecular flexibility index (Phi) is 5.27. The molecule has 1 fully saturated rings. The number of piperidine rings is 1. The number of alkyl halides is 3. The first-order valence-electron chi connectivity index (χ1n) is 7.04. The first kappa shape index (κ1) is 15.9. The van der Waals surface area contributed by atoms with E-state index in [1.165, 1.54) is 12.1 Å². The van der Waals surface area contributed by atoms with Crippen molar-refractivity contribution in [2.24, 2.45) is 0 Å². The minimum Gasteiger partial charge on any atom is -0.310 e. The van der Waals surface area contributed by atoms with Crippen LogP contribution in [0.1, 0.15) is 24.0 Å². The van der Waals surface area contributed by atoms with E-state index in [0.717, 1.165) is 43.6 Å². The number of rotatable bonds is 4. The van der Waals surface area contributed by atoms with E-state index in [1.807, 2.05) is 0 Å². The standard InChI is InChI=1S/C16H19F3N2/c1-2-9-21-10-7-15(8-11-21)20-12-13-3-5-14(6-4-13)16(17,18)19/h1,3-6,15,20H,7-12H2. The van der Waals surface area contributed by atoms with Crippen molar-refractivity contribution in [1.29, 1.82) is 0 Å². The van der Waals surface area contributed by atoms with Gasteiger partial charge in [-0.25, -0.2) is 0 Å². The van der Waals surface area contributed by atoms with Crippen LogP contribution in [0.5, 0.6) is 0 Å². The molecule has 0 saturated carbocycles. The molecule has 1 heterocycles. The Morgan fingerprint density at radius 3 is 2.33 bits per heavy atom. The lowest BCUT2D eigenvalue weighted by atomic mass is 10.0. The predicted octanol–water partition coefficient (Wildman–Crippen LogP) is 2.89. The van der Waals surface area contributed by atoms with Gasteiger partial charge in [-0.05, 0) is 30.5 Å². The number of nitrogens with one attached hydrogen (secondary N) is 1. The first-order chi connectivity index (χ1) is 9.99. The molecule has 1 aliphatic heterocycles. The SMILES string of the molecule is C#CCN1CCC(NCc2ccc(C(F)(F)F)cc2)CC1. The molecule has 5 heteroatoms. The van der Waals surface area contributed by atoms with E-state index in [1.54, 1.807) is 0 Å². The summed E-state index contributed by atoms with van der Waals surface area (Å²) in [6, 6.07) is 5.73. The van der Waals surface area contributed by atoms with Crippen molar-refractivity contribution in [3.05, 3.63) is 35.4 Å². The summed E-state index contributed by atoms with van der Waals surface area (Å²) in [5.41, 5.74) is 0.267. The minimum absolute atomic E-state index is 0.404. The minimum atomic E-state index is -4.27. The zero-order valence-corrected chi connectivity index (χ0v) is 11.8. The summed E-state index contributed by atoms with van der Waals surface area (Å²) < 4.78 is 37.4. The maximum Gasteiger partial charge on any atom is 0.416 e. The van der Waals surface area contributed by atoms with Crippen LogP contribution in [-0.2, 0) is 12.7 Å². The van der Waals surface area contributed by atoms with Crippen molar-refractivity contribution < 1.29 is 13.2 Å². The molecule has 1 aliphatic rings. The second kappa shape index (κ2) is 6.97. The Morgan fingerprint density at radius 1 is 1.19 bits per heavy atom. The smallest absolute Gasteiger partial charge is 0.310 e. The zero-order valence-electron chi connectivity index (χ0n) is 11.8. The van der Waals surface area contributed by atoms with E-state index in [4.69, 9.17) is 6.42 Å². The molecule has 0 atom stereocenters. The second-order valence-corrected chi connectivity index (χ2v) is 5.33. The number of nitrogens with zero attached hydrogens (tertiary/aromatic N) is 1. The summed E-state index contributed by atoms with van der Waals surface area (Å²) in [5.74, 6) is 2.64. The summed E-state index contributed by atoms with van der Waals surface area (Å²) in [7, 11) is 0. The topological polar surface area (TPSA) is 15.3 Å². The van der Waals surface area contributed by atoms with Gasteiger partial charge in [0.1, 0.15) is 0 Å². The molecule has 0 amide bonds. The molecule has 0 radical (unpaired) electrons. The molecule has 0 bridgehead atoms. The Hall–Kier alpha value is -1.51. The number of likely N-dealkylation sites (tertiary alicyclic amines) is 1. The van der Waals surface area contributed by atoms with Crippen LogP contribution in [0.15, 0.2) is 24.3 Å². The van der Waals surface area contributed by atoms with E-state index < -0.39 is 11.7 Å². The van der Waals surface area contributed by atoms with Gasteiger partial charge in [-0.3, -0.25) is 4.90 Å². The van der Waals surface area contributed by atoms with Crippen LogP contribution in [0, 0.1) is 12.3 Å². The Balaban J connectivity index is 1.78. The largest absolute Gasteiger partial charge is 0.416 e. The van der Waals surface area contributed by atoms with Gasteiger partial charge in [0, 0.05) is 25.7 Å². The lowest BCUT2D eigenvalue weighted by Gasteiger charge is -2.31. The van der Waals surface area contributed by atoms with Crippen molar-refractivity contribution in [3.8, 4) is 12.3 Å². The monoisotopic (exact) mass is 296 g/mol.